The lowest BCUT2D eigenvalue weighted by Crippen LogP contribution is -2.27. The number of hydrogen-bond donors (Lipinski definition) is 1. The summed E-state index contributed by atoms with van der Waals surface area (Å²) >= 11 is 0. The van der Waals surface area contributed by atoms with E-state index in [9.17, 15) is 9.18 Å². The van der Waals surface area contributed by atoms with Gasteiger partial charge >= 0.3 is 0 Å². The summed E-state index contributed by atoms with van der Waals surface area (Å²) in [5, 5.41) is 2.94. The number of halogens is 1. The number of aryl methyl sites for hydroxylation is 2. The molecule has 126 valence electrons. The van der Waals surface area contributed by atoms with Crippen LogP contribution in [0, 0.1) is 5.82 Å². The second-order valence-corrected chi connectivity index (χ2v) is 6.28. The van der Waals surface area contributed by atoms with E-state index in [0.29, 0.717) is 11.1 Å². The molecule has 2 aromatic carbocycles. The van der Waals surface area contributed by atoms with Crippen LogP contribution in [0.4, 0.5) is 4.39 Å². The predicted molar refractivity (Wildman–Crippen MR) is 91.9 cm³/mol. The summed E-state index contributed by atoms with van der Waals surface area (Å²) in [5.41, 5.74) is 4.00. The number of fused-ring (bicyclic) bond motifs is 1. The van der Waals surface area contributed by atoms with E-state index in [-0.39, 0.29) is 17.7 Å². The maximum absolute atomic E-state index is 13.8. The lowest BCUT2D eigenvalue weighted by molar-refractivity contribution is 0.0939. The van der Waals surface area contributed by atoms with E-state index in [1.54, 1.807) is 12.1 Å². The molecule has 0 saturated heterocycles. The molecular weight excluding hydrogens is 305 g/mol. The molecule has 0 bridgehead atoms. The van der Waals surface area contributed by atoms with Gasteiger partial charge in [-0.05, 0) is 73.6 Å². The number of carbonyl (C=O) groups excluding carboxylic acids is 1. The Morgan fingerprint density at radius 1 is 1.12 bits per heavy atom. The Hall–Kier alpha value is -2.36. The number of carbonyl (C=O) groups is 1. The molecule has 3 rings (SSSR count). The molecule has 0 spiro atoms. The number of nitrogens with one attached hydrogen (secondary N) is 1. The molecule has 1 amide bonds. The van der Waals surface area contributed by atoms with Gasteiger partial charge in [0, 0.05) is 5.56 Å². The Morgan fingerprint density at radius 3 is 2.58 bits per heavy atom. The van der Waals surface area contributed by atoms with Crippen molar-refractivity contribution in [2.45, 2.75) is 38.6 Å². The SMILES string of the molecule is COc1ccc([C@@H](C)NC(=O)c2ccc3c(c2)CCCC3)cc1F. The van der Waals surface area contributed by atoms with Crippen LogP contribution in [0.15, 0.2) is 36.4 Å². The maximum atomic E-state index is 13.8. The van der Waals surface area contributed by atoms with Crippen molar-refractivity contribution >= 4 is 5.91 Å². The van der Waals surface area contributed by atoms with Crippen LogP contribution in [0.2, 0.25) is 0 Å². The van der Waals surface area contributed by atoms with Crippen molar-refractivity contribution in [3.8, 4) is 5.75 Å². The van der Waals surface area contributed by atoms with Crippen molar-refractivity contribution in [3.63, 3.8) is 0 Å². The van der Waals surface area contributed by atoms with Gasteiger partial charge in [-0.2, -0.15) is 0 Å². The third-order valence-electron chi connectivity index (χ3n) is 4.63. The van der Waals surface area contributed by atoms with E-state index >= 15 is 0 Å². The van der Waals surface area contributed by atoms with E-state index in [4.69, 9.17) is 4.74 Å². The lowest BCUT2D eigenvalue weighted by Gasteiger charge is -2.18. The summed E-state index contributed by atoms with van der Waals surface area (Å²) in [6.07, 6.45) is 4.53. The van der Waals surface area contributed by atoms with E-state index < -0.39 is 5.82 Å². The molecule has 0 radical (unpaired) electrons. The van der Waals surface area contributed by atoms with Crippen molar-refractivity contribution in [1.29, 1.82) is 0 Å². The molecule has 0 fully saturated rings. The Balaban J connectivity index is 1.73. The van der Waals surface area contributed by atoms with Gasteiger partial charge in [-0.15, -0.1) is 0 Å². The van der Waals surface area contributed by atoms with E-state index in [0.717, 1.165) is 12.8 Å². The molecule has 2 aromatic rings. The molecule has 24 heavy (non-hydrogen) atoms. The van der Waals surface area contributed by atoms with Gasteiger partial charge in [0.25, 0.3) is 5.91 Å². The number of rotatable bonds is 4. The molecule has 4 heteroatoms. The molecule has 1 N–H and O–H groups in total. The quantitative estimate of drug-likeness (QED) is 0.914. The standard InChI is InChI=1S/C20H22FNO2/c1-13(15-9-10-19(24-2)18(21)12-15)22-20(23)17-8-7-14-5-3-4-6-16(14)11-17/h7-13H,3-6H2,1-2H3,(H,22,23)/t13-/m1/s1. The Kier molecular flexibility index (Phi) is 4.84. The molecular formula is C20H22FNO2. The van der Waals surface area contributed by atoms with Gasteiger partial charge in [0.1, 0.15) is 0 Å². The summed E-state index contributed by atoms with van der Waals surface area (Å²) in [6, 6.07) is 10.4. The van der Waals surface area contributed by atoms with Crippen LogP contribution >= 0.6 is 0 Å². The van der Waals surface area contributed by atoms with Gasteiger partial charge in [-0.1, -0.05) is 12.1 Å². The highest BCUT2D eigenvalue weighted by Crippen LogP contribution is 2.24. The fraction of sp³-hybridized carbons (Fsp3) is 0.350. The maximum Gasteiger partial charge on any atom is 0.251 e. The second-order valence-electron chi connectivity index (χ2n) is 6.28. The topological polar surface area (TPSA) is 38.3 Å². The third kappa shape index (κ3) is 3.42. The minimum absolute atomic E-state index is 0.132. The normalized spacial score (nSPS) is 14.6. The second kappa shape index (κ2) is 7.04. The van der Waals surface area contributed by atoms with Gasteiger partial charge in [0.15, 0.2) is 11.6 Å². The zero-order valence-electron chi connectivity index (χ0n) is 14.1. The summed E-state index contributed by atoms with van der Waals surface area (Å²) in [6.45, 7) is 1.84. The molecule has 0 unspecified atom stereocenters. The highest BCUT2D eigenvalue weighted by Gasteiger charge is 2.16. The van der Waals surface area contributed by atoms with Gasteiger partial charge in [0.2, 0.25) is 0 Å². The van der Waals surface area contributed by atoms with Crippen LogP contribution < -0.4 is 10.1 Å². The van der Waals surface area contributed by atoms with Crippen molar-refractivity contribution in [2.75, 3.05) is 7.11 Å². The first-order valence-electron chi connectivity index (χ1n) is 8.34. The molecule has 1 aliphatic carbocycles. The third-order valence-corrected chi connectivity index (χ3v) is 4.63. The molecule has 3 nitrogen and oxygen atoms in total. The monoisotopic (exact) mass is 327 g/mol. The summed E-state index contributed by atoms with van der Waals surface area (Å²) in [7, 11) is 1.43. The first-order valence-corrected chi connectivity index (χ1v) is 8.34. The Labute approximate surface area is 141 Å². The highest BCUT2D eigenvalue weighted by atomic mass is 19.1. The van der Waals surface area contributed by atoms with E-state index in [1.165, 1.54) is 37.1 Å². The lowest BCUT2D eigenvalue weighted by atomic mass is 9.90. The summed E-state index contributed by atoms with van der Waals surface area (Å²) in [5.74, 6) is -0.357. The van der Waals surface area contributed by atoms with Crippen LogP contribution in [0.3, 0.4) is 0 Å². The minimum atomic E-state index is -0.426. The first-order chi connectivity index (χ1) is 11.6. The fourth-order valence-corrected chi connectivity index (χ4v) is 3.19. The molecule has 0 aromatic heterocycles. The number of ether oxygens (including phenoxy) is 1. The molecule has 0 aliphatic heterocycles. The van der Waals surface area contributed by atoms with Crippen molar-refractivity contribution in [3.05, 3.63) is 64.5 Å². The van der Waals surface area contributed by atoms with Crippen molar-refractivity contribution in [1.82, 2.24) is 5.32 Å². The van der Waals surface area contributed by atoms with Crippen LogP contribution in [-0.2, 0) is 12.8 Å². The van der Waals surface area contributed by atoms with Crippen LogP contribution in [0.5, 0.6) is 5.75 Å². The predicted octanol–water partition coefficient (Wildman–Crippen LogP) is 4.20. The fourth-order valence-electron chi connectivity index (χ4n) is 3.19. The highest BCUT2D eigenvalue weighted by molar-refractivity contribution is 5.94. The molecule has 0 saturated carbocycles. The number of methoxy groups -OCH3 is 1. The number of amides is 1. The van der Waals surface area contributed by atoms with Gasteiger partial charge in [-0.3, -0.25) is 4.79 Å². The van der Waals surface area contributed by atoms with Gasteiger partial charge in [0.05, 0.1) is 13.2 Å². The van der Waals surface area contributed by atoms with E-state index in [1.807, 2.05) is 19.1 Å². The average molecular weight is 327 g/mol. The Bertz CT molecular complexity index is 757. The number of benzene rings is 2. The zero-order valence-corrected chi connectivity index (χ0v) is 14.1. The molecule has 1 atom stereocenters. The van der Waals surface area contributed by atoms with Crippen LogP contribution in [-0.4, -0.2) is 13.0 Å². The summed E-state index contributed by atoms with van der Waals surface area (Å²) < 4.78 is 18.7. The van der Waals surface area contributed by atoms with Crippen LogP contribution in [0.25, 0.3) is 0 Å². The average Bonchev–Trinajstić information content (AvgIpc) is 2.61. The van der Waals surface area contributed by atoms with Crippen molar-refractivity contribution < 1.29 is 13.9 Å². The molecule has 1 aliphatic rings. The molecule has 0 heterocycles. The first kappa shape index (κ1) is 16.5. The van der Waals surface area contributed by atoms with Gasteiger partial charge < -0.3 is 10.1 Å². The smallest absolute Gasteiger partial charge is 0.251 e. The largest absolute Gasteiger partial charge is 0.494 e. The van der Waals surface area contributed by atoms with Crippen molar-refractivity contribution in [2.24, 2.45) is 0 Å². The van der Waals surface area contributed by atoms with E-state index in [2.05, 4.69) is 11.4 Å². The van der Waals surface area contributed by atoms with Gasteiger partial charge in [-0.25, -0.2) is 4.39 Å². The Morgan fingerprint density at radius 2 is 1.88 bits per heavy atom. The minimum Gasteiger partial charge on any atom is -0.494 e. The zero-order chi connectivity index (χ0) is 17.1. The number of hydrogen-bond acceptors (Lipinski definition) is 2. The van der Waals surface area contributed by atoms with Crippen LogP contribution in [0.1, 0.15) is 52.9 Å². The summed E-state index contributed by atoms with van der Waals surface area (Å²) in [4.78, 5) is 12.5.